The zero-order valence-electron chi connectivity index (χ0n) is 8.71. The summed E-state index contributed by atoms with van der Waals surface area (Å²) in [5.41, 5.74) is 0.609. The van der Waals surface area contributed by atoms with Crippen LogP contribution < -0.4 is 5.32 Å². The second-order valence-corrected chi connectivity index (χ2v) is 4.68. The van der Waals surface area contributed by atoms with Gasteiger partial charge in [0.15, 0.2) is 5.13 Å². The molecular formula is C11H9ClF2N2S. The van der Waals surface area contributed by atoms with E-state index in [0.29, 0.717) is 28.8 Å². The van der Waals surface area contributed by atoms with E-state index in [1.807, 2.05) is 0 Å². The third kappa shape index (κ3) is 3.64. The summed E-state index contributed by atoms with van der Waals surface area (Å²) in [5.74, 6) is -1.12. The van der Waals surface area contributed by atoms with Crippen LogP contribution in [0.15, 0.2) is 23.6 Å². The Labute approximate surface area is 106 Å². The molecule has 0 bridgehead atoms. The molecule has 1 aromatic carbocycles. The van der Waals surface area contributed by atoms with E-state index >= 15 is 0 Å². The van der Waals surface area contributed by atoms with Gasteiger partial charge in [0.05, 0.1) is 0 Å². The lowest BCUT2D eigenvalue weighted by Gasteiger charge is -2.03. The van der Waals surface area contributed by atoms with Gasteiger partial charge in [-0.2, -0.15) is 0 Å². The Morgan fingerprint density at radius 2 is 1.94 bits per heavy atom. The van der Waals surface area contributed by atoms with E-state index in [2.05, 4.69) is 10.3 Å². The van der Waals surface area contributed by atoms with Crippen molar-refractivity contribution in [1.29, 1.82) is 0 Å². The Balaban J connectivity index is 1.89. The Morgan fingerprint density at radius 1 is 1.24 bits per heavy atom. The number of aromatic nitrogens is 1. The van der Waals surface area contributed by atoms with Gasteiger partial charge in [-0.1, -0.05) is 11.6 Å². The first-order chi connectivity index (χ1) is 8.13. The van der Waals surface area contributed by atoms with Crippen molar-refractivity contribution in [3.8, 4) is 0 Å². The highest BCUT2D eigenvalue weighted by Crippen LogP contribution is 2.18. The molecule has 6 heteroatoms. The average molecular weight is 275 g/mol. The van der Waals surface area contributed by atoms with Crippen molar-refractivity contribution in [3.05, 3.63) is 45.9 Å². The van der Waals surface area contributed by atoms with Gasteiger partial charge in [0.2, 0.25) is 0 Å². The molecule has 1 heterocycles. The molecule has 0 aliphatic rings. The molecule has 0 radical (unpaired) electrons. The minimum Gasteiger partial charge on any atom is -0.361 e. The van der Waals surface area contributed by atoms with Crippen LogP contribution in [-0.2, 0) is 6.42 Å². The monoisotopic (exact) mass is 274 g/mol. The molecular weight excluding hydrogens is 266 g/mol. The van der Waals surface area contributed by atoms with Crippen molar-refractivity contribution in [2.24, 2.45) is 0 Å². The van der Waals surface area contributed by atoms with Crippen molar-refractivity contribution < 1.29 is 8.78 Å². The molecule has 0 saturated carbocycles. The molecule has 17 heavy (non-hydrogen) atoms. The number of benzene rings is 1. The highest BCUT2D eigenvalue weighted by atomic mass is 35.5. The number of nitrogens with zero attached hydrogens (tertiary/aromatic N) is 1. The number of anilines is 1. The fourth-order valence-corrected chi connectivity index (χ4v) is 2.27. The zero-order valence-corrected chi connectivity index (χ0v) is 10.3. The second kappa shape index (κ2) is 5.42. The van der Waals surface area contributed by atoms with Crippen LogP contribution >= 0.6 is 22.9 Å². The van der Waals surface area contributed by atoms with E-state index < -0.39 is 11.6 Å². The lowest BCUT2D eigenvalue weighted by molar-refractivity contribution is 0.580. The summed E-state index contributed by atoms with van der Waals surface area (Å²) in [7, 11) is 0. The number of hydrogen-bond donors (Lipinski definition) is 1. The molecule has 2 aromatic rings. The van der Waals surface area contributed by atoms with Crippen LogP contribution in [0, 0.1) is 11.6 Å². The van der Waals surface area contributed by atoms with Gasteiger partial charge in [-0.25, -0.2) is 13.8 Å². The molecule has 0 fully saturated rings. The number of thiazole rings is 1. The standard InChI is InChI=1S/C11H9ClF2N2S/c12-10-6-17-11(16-10)15-2-1-7-3-8(13)5-9(14)4-7/h3-6H,1-2H2,(H,15,16). The number of rotatable bonds is 4. The fourth-order valence-electron chi connectivity index (χ4n) is 1.40. The molecule has 2 rings (SSSR count). The van der Waals surface area contributed by atoms with E-state index in [-0.39, 0.29) is 0 Å². The Morgan fingerprint density at radius 3 is 2.53 bits per heavy atom. The molecule has 2 nitrogen and oxygen atoms in total. The first-order valence-corrected chi connectivity index (χ1v) is 6.19. The normalized spacial score (nSPS) is 10.5. The molecule has 0 aliphatic carbocycles. The lowest BCUT2D eigenvalue weighted by atomic mass is 10.1. The van der Waals surface area contributed by atoms with Gasteiger partial charge in [-0.05, 0) is 24.1 Å². The molecule has 0 unspecified atom stereocenters. The van der Waals surface area contributed by atoms with E-state index in [9.17, 15) is 8.78 Å². The summed E-state index contributed by atoms with van der Waals surface area (Å²) in [6, 6.07) is 3.50. The lowest BCUT2D eigenvalue weighted by Crippen LogP contribution is -2.05. The SMILES string of the molecule is Fc1cc(F)cc(CCNc2nc(Cl)cs2)c1. The van der Waals surface area contributed by atoms with Crippen LogP contribution in [0.2, 0.25) is 5.15 Å². The van der Waals surface area contributed by atoms with E-state index in [1.54, 1.807) is 5.38 Å². The van der Waals surface area contributed by atoms with Crippen LogP contribution in [0.4, 0.5) is 13.9 Å². The van der Waals surface area contributed by atoms with Crippen molar-refractivity contribution in [2.45, 2.75) is 6.42 Å². The summed E-state index contributed by atoms with van der Waals surface area (Å²) in [4.78, 5) is 4.00. The largest absolute Gasteiger partial charge is 0.361 e. The fraction of sp³-hybridized carbons (Fsp3) is 0.182. The van der Waals surface area contributed by atoms with Crippen LogP contribution in [0.1, 0.15) is 5.56 Å². The summed E-state index contributed by atoms with van der Waals surface area (Å²) >= 11 is 7.05. The smallest absolute Gasteiger partial charge is 0.184 e. The molecule has 1 aromatic heterocycles. The molecule has 0 atom stereocenters. The molecule has 90 valence electrons. The van der Waals surface area contributed by atoms with Gasteiger partial charge >= 0.3 is 0 Å². The number of hydrogen-bond acceptors (Lipinski definition) is 3. The van der Waals surface area contributed by atoms with Crippen molar-refractivity contribution in [1.82, 2.24) is 4.98 Å². The van der Waals surface area contributed by atoms with Gasteiger partial charge in [-0.15, -0.1) is 11.3 Å². The zero-order chi connectivity index (χ0) is 12.3. The van der Waals surface area contributed by atoms with Gasteiger partial charge in [-0.3, -0.25) is 0 Å². The summed E-state index contributed by atoms with van der Waals surface area (Å²) < 4.78 is 25.8. The predicted octanol–water partition coefficient (Wildman–Crippen LogP) is 3.73. The summed E-state index contributed by atoms with van der Waals surface area (Å²) in [6.07, 6.45) is 0.520. The maximum atomic E-state index is 12.9. The topological polar surface area (TPSA) is 24.9 Å². The van der Waals surface area contributed by atoms with Crippen molar-refractivity contribution >= 4 is 28.1 Å². The first kappa shape index (κ1) is 12.3. The second-order valence-electron chi connectivity index (χ2n) is 3.43. The summed E-state index contributed by atoms with van der Waals surface area (Å²) in [5, 5.41) is 5.88. The number of nitrogens with one attached hydrogen (secondary N) is 1. The first-order valence-electron chi connectivity index (χ1n) is 4.93. The Bertz CT molecular complexity index is 496. The third-order valence-corrected chi connectivity index (χ3v) is 3.21. The molecule has 0 saturated heterocycles. The quantitative estimate of drug-likeness (QED) is 0.919. The third-order valence-electron chi connectivity index (χ3n) is 2.09. The maximum Gasteiger partial charge on any atom is 0.184 e. The molecule has 0 aliphatic heterocycles. The van der Waals surface area contributed by atoms with Crippen molar-refractivity contribution in [2.75, 3.05) is 11.9 Å². The van der Waals surface area contributed by atoms with Crippen LogP contribution in [0.5, 0.6) is 0 Å². The Hall–Kier alpha value is -1.20. The summed E-state index contributed by atoms with van der Waals surface area (Å²) in [6.45, 7) is 0.548. The van der Waals surface area contributed by atoms with Crippen LogP contribution in [-0.4, -0.2) is 11.5 Å². The van der Waals surface area contributed by atoms with E-state index in [1.165, 1.54) is 23.5 Å². The highest BCUT2D eigenvalue weighted by molar-refractivity contribution is 7.14. The Kier molecular flexibility index (Phi) is 3.91. The van der Waals surface area contributed by atoms with E-state index in [0.717, 1.165) is 6.07 Å². The van der Waals surface area contributed by atoms with Gasteiger partial charge in [0.25, 0.3) is 0 Å². The van der Waals surface area contributed by atoms with Crippen LogP contribution in [0.3, 0.4) is 0 Å². The molecule has 1 N–H and O–H groups in total. The van der Waals surface area contributed by atoms with Gasteiger partial charge < -0.3 is 5.32 Å². The van der Waals surface area contributed by atoms with Gasteiger partial charge in [0.1, 0.15) is 16.8 Å². The highest BCUT2D eigenvalue weighted by Gasteiger charge is 2.02. The number of halogens is 3. The van der Waals surface area contributed by atoms with Crippen LogP contribution in [0.25, 0.3) is 0 Å². The molecule has 0 spiro atoms. The predicted molar refractivity (Wildman–Crippen MR) is 65.7 cm³/mol. The van der Waals surface area contributed by atoms with Crippen molar-refractivity contribution in [3.63, 3.8) is 0 Å². The average Bonchev–Trinajstić information content (AvgIpc) is 2.63. The maximum absolute atomic E-state index is 12.9. The van der Waals surface area contributed by atoms with Gasteiger partial charge in [0, 0.05) is 18.0 Å². The minimum atomic E-state index is -0.558. The minimum absolute atomic E-state index is 0.439. The molecule has 0 amide bonds. The van der Waals surface area contributed by atoms with E-state index in [4.69, 9.17) is 11.6 Å².